The molecule has 4 aromatic rings. The van der Waals surface area contributed by atoms with Crippen LogP contribution >= 0.6 is 11.6 Å². The van der Waals surface area contributed by atoms with Gasteiger partial charge in [0.25, 0.3) is 0 Å². The zero-order valence-electron chi connectivity index (χ0n) is 18.4. The molecule has 3 heterocycles. The fourth-order valence-corrected chi connectivity index (χ4v) is 3.94. The largest absolute Gasteiger partial charge is 0.383 e. The number of fused-ring (bicyclic) bond motifs is 1. The van der Waals surface area contributed by atoms with E-state index in [1.54, 1.807) is 7.11 Å². The SMILES string of the molecule is COCCn1ncc2ccc(-c3cc(Nc4ccc(Cl)cc4)nc(N4CCOCC4)n3)cc21. The van der Waals surface area contributed by atoms with E-state index in [4.69, 9.17) is 31.0 Å². The molecule has 0 aliphatic carbocycles. The number of morpholine rings is 1. The molecule has 0 saturated carbocycles. The average Bonchev–Trinajstić information content (AvgIpc) is 3.26. The Bertz CT molecular complexity index is 1240. The molecule has 0 spiro atoms. The smallest absolute Gasteiger partial charge is 0.228 e. The number of hydrogen-bond acceptors (Lipinski definition) is 7. The van der Waals surface area contributed by atoms with E-state index in [1.165, 1.54) is 0 Å². The van der Waals surface area contributed by atoms with Crippen LogP contribution in [0.15, 0.2) is 54.7 Å². The third-order valence-electron chi connectivity index (χ3n) is 5.57. The normalized spacial score (nSPS) is 14.1. The van der Waals surface area contributed by atoms with Crippen LogP contribution in [0.1, 0.15) is 0 Å². The highest BCUT2D eigenvalue weighted by atomic mass is 35.5. The van der Waals surface area contributed by atoms with Gasteiger partial charge in [-0.15, -0.1) is 0 Å². The molecule has 1 N–H and O–H groups in total. The van der Waals surface area contributed by atoms with Gasteiger partial charge in [0, 0.05) is 47.9 Å². The Morgan fingerprint density at radius 3 is 2.67 bits per heavy atom. The highest BCUT2D eigenvalue weighted by Crippen LogP contribution is 2.28. The minimum atomic E-state index is 0.602. The van der Waals surface area contributed by atoms with Crippen molar-refractivity contribution >= 4 is 40.0 Å². The van der Waals surface area contributed by atoms with E-state index < -0.39 is 0 Å². The molecule has 33 heavy (non-hydrogen) atoms. The number of benzene rings is 2. The Morgan fingerprint density at radius 1 is 1.06 bits per heavy atom. The van der Waals surface area contributed by atoms with Crippen molar-refractivity contribution in [2.24, 2.45) is 0 Å². The molecule has 2 aromatic carbocycles. The van der Waals surface area contributed by atoms with Crippen molar-refractivity contribution in [3.05, 3.63) is 59.8 Å². The molecule has 8 nitrogen and oxygen atoms in total. The van der Waals surface area contributed by atoms with Gasteiger partial charge in [-0.3, -0.25) is 4.68 Å². The van der Waals surface area contributed by atoms with Crippen molar-refractivity contribution in [1.82, 2.24) is 19.7 Å². The molecule has 9 heteroatoms. The van der Waals surface area contributed by atoms with Gasteiger partial charge in [-0.2, -0.15) is 10.1 Å². The minimum Gasteiger partial charge on any atom is -0.383 e. The van der Waals surface area contributed by atoms with Crippen molar-refractivity contribution < 1.29 is 9.47 Å². The number of methoxy groups -OCH3 is 1. The molecular weight excluding hydrogens is 440 g/mol. The first kappa shape index (κ1) is 21.6. The molecule has 170 valence electrons. The van der Waals surface area contributed by atoms with E-state index >= 15 is 0 Å². The summed E-state index contributed by atoms with van der Waals surface area (Å²) in [6.07, 6.45) is 1.88. The summed E-state index contributed by atoms with van der Waals surface area (Å²) >= 11 is 6.04. The van der Waals surface area contributed by atoms with E-state index in [1.807, 2.05) is 41.2 Å². The van der Waals surface area contributed by atoms with Gasteiger partial charge in [-0.25, -0.2) is 4.98 Å². The number of ether oxygens (including phenoxy) is 2. The van der Waals surface area contributed by atoms with Crippen LogP contribution in [0.2, 0.25) is 5.02 Å². The lowest BCUT2D eigenvalue weighted by atomic mass is 10.1. The lowest BCUT2D eigenvalue weighted by Crippen LogP contribution is -2.37. The molecule has 2 aromatic heterocycles. The van der Waals surface area contributed by atoms with E-state index in [-0.39, 0.29) is 0 Å². The van der Waals surface area contributed by atoms with Crippen molar-refractivity contribution in [1.29, 1.82) is 0 Å². The summed E-state index contributed by atoms with van der Waals surface area (Å²) in [7, 11) is 1.69. The Balaban J connectivity index is 1.54. The first-order valence-corrected chi connectivity index (χ1v) is 11.3. The predicted octanol–water partition coefficient (Wildman–Crippen LogP) is 4.37. The minimum absolute atomic E-state index is 0.602. The number of hydrogen-bond donors (Lipinski definition) is 1. The standard InChI is InChI=1S/C24H25ClN6O2/c1-32-11-10-31-22-14-17(2-3-18(22)16-26-31)21-15-23(27-20-6-4-19(25)5-7-20)29-24(28-21)30-8-12-33-13-9-30/h2-7,14-16H,8-13H2,1H3,(H,27,28,29). The highest BCUT2D eigenvalue weighted by Gasteiger charge is 2.17. The molecule has 0 atom stereocenters. The molecule has 0 unspecified atom stereocenters. The quantitative estimate of drug-likeness (QED) is 0.435. The van der Waals surface area contributed by atoms with Crippen LogP contribution < -0.4 is 10.2 Å². The molecule has 5 rings (SSSR count). The van der Waals surface area contributed by atoms with Gasteiger partial charge in [0.2, 0.25) is 5.95 Å². The lowest BCUT2D eigenvalue weighted by Gasteiger charge is -2.27. The molecule has 1 saturated heterocycles. The predicted molar refractivity (Wildman–Crippen MR) is 130 cm³/mol. The van der Waals surface area contributed by atoms with Crippen molar-refractivity contribution in [3.8, 4) is 11.3 Å². The van der Waals surface area contributed by atoms with Crippen LogP contribution in [0.5, 0.6) is 0 Å². The summed E-state index contributed by atoms with van der Waals surface area (Å²) in [5, 5.41) is 9.66. The van der Waals surface area contributed by atoms with Gasteiger partial charge in [0.15, 0.2) is 0 Å². The number of rotatable bonds is 7. The van der Waals surface area contributed by atoms with Crippen LogP contribution in [0.3, 0.4) is 0 Å². The number of anilines is 3. The Kier molecular flexibility index (Phi) is 6.39. The zero-order valence-corrected chi connectivity index (χ0v) is 19.1. The van der Waals surface area contributed by atoms with Gasteiger partial charge in [-0.1, -0.05) is 23.7 Å². The maximum Gasteiger partial charge on any atom is 0.228 e. The van der Waals surface area contributed by atoms with Crippen molar-refractivity contribution in [2.75, 3.05) is 50.2 Å². The maximum absolute atomic E-state index is 6.04. The fourth-order valence-electron chi connectivity index (χ4n) is 3.82. The van der Waals surface area contributed by atoms with Crippen molar-refractivity contribution in [3.63, 3.8) is 0 Å². The van der Waals surface area contributed by atoms with Gasteiger partial charge < -0.3 is 19.7 Å². The van der Waals surface area contributed by atoms with Gasteiger partial charge in [0.05, 0.1) is 43.8 Å². The summed E-state index contributed by atoms with van der Waals surface area (Å²) in [5.41, 5.74) is 3.79. The number of nitrogens with zero attached hydrogens (tertiary/aromatic N) is 5. The van der Waals surface area contributed by atoms with E-state index in [2.05, 4.69) is 33.5 Å². The highest BCUT2D eigenvalue weighted by molar-refractivity contribution is 6.30. The number of nitrogens with one attached hydrogen (secondary N) is 1. The van der Waals surface area contributed by atoms with Gasteiger partial charge >= 0.3 is 0 Å². The second kappa shape index (κ2) is 9.74. The van der Waals surface area contributed by atoms with Crippen LogP contribution in [0, 0.1) is 0 Å². The Labute approximate surface area is 197 Å². The first-order valence-electron chi connectivity index (χ1n) is 10.9. The summed E-state index contributed by atoms with van der Waals surface area (Å²) in [4.78, 5) is 11.9. The van der Waals surface area contributed by atoms with Gasteiger partial charge in [-0.05, 0) is 30.3 Å². The van der Waals surface area contributed by atoms with E-state index in [0.29, 0.717) is 37.3 Å². The summed E-state index contributed by atoms with van der Waals surface area (Å²) in [6, 6.07) is 15.8. The molecule has 1 fully saturated rings. The van der Waals surface area contributed by atoms with Crippen molar-refractivity contribution in [2.45, 2.75) is 6.54 Å². The second-order valence-corrected chi connectivity index (χ2v) is 8.24. The van der Waals surface area contributed by atoms with Crippen LogP contribution in [0.4, 0.5) is 17.5 Å². The first-order chi connectivity index (χ1) is 16.2. The summed E-state index contributed by atoms with van der Waals surface area (Å²) in [6.45, 7) is 4.14. The third kappa shape index (κ3) is 4.93. The number of halogens is 1. The average molecular weight is 465 g/mol. The molecule has 0 amide bonds. The summed E-state index contributed by atoms with van der Waals surface area (Å²) in [5.74, 6) is 1.40. The Morgan fingerprint density at radius 2 is 1.88 bits per heavy atom. The molecule has 1 aliphatic rings. The maximum atomic E-state index is 6.04. The van der Waals surface area contributed by atoms with Crippen LogP contribution in [-0.4, -0.2) is 59.8 Å². The monoisotopic (exact) mass is 464 g/mol. The van der Waals surface area contributed by atoms with E-state index in [9.17, 15) is 0 Å². The van der Waals surface area contributed by atoms with Gasteiger partial charge in [0.1, 0.15) is 5.82 Å². The second-order valence-electron chi connectivity index (χ2n) is 7.80. The molecule has 0 radical (unpaired) electrons. The van der Waals surface area contributed by atoms with Crippen LogP contribution in [0.25, 0.3) is 22.2 Å². The molecule has 0 bridgehead atoms. The fraction of sp³-hybridized carbons (Fsp3) is 0.292. The summed E-state index contributed by atoms with van der Waals surface area (Å²) < 4.78 is 12.7. The lowest BCUT2D eigenvalue weighted by molar-refractivity contribution is 0.122. The van der Waals surface area contributed by atoms with E-state index in [0.717, 1.165) is 46.8 Å². The topological polar surface area (TPSA) is 77.3 Å². The Hall–Kier alpha value is -3.20. The zero-order chi connectivity index (χ0) is 22.6. The number of aromatic nitrogens is 4. The molecular formula is C24H25ClN6O2. The van der Waals surface area contributed by atoms with Crippen LogP contribution in [-0.2, 0) is 16.0 Å². The molecule has 1 aliphatic heterocycles. The third-order valence-corrected chi connectivity index (χ3v) is 5.82.